The van der Waals surface area contributed by atoms with E-state index in [1.165, 1.54) is 4.57 Å². The summed E-state index contributed by atoms with van der Waals surface area (Å²) in [5.41, 5.74) is -0.0931. The van der Waals surface area contributed by atoms with E-state index in [1.54, 1.807) is 36.1 Å². The third-order valence-electron chi connectivity index (χ3n) is 6.64. The first-order chi connectivity index (χ1) is 15.5. The van der Waals surface area contributed by atoms with Crippen LogP contribution in [0.25, 0.3) is 10.9 Å². The summed E-state index contributed by atoms with van der Waals surface area (Å²) in [5.74, 6) is 0.305. The number of carbonyl (C=O) groups excluding carboxylic acids is 2. The van der Waals surface area contributed by atoms with E-state index in [0.29, 0.717) is 50.2 Å². The molecular formula is C23H30N4O5. The highest BCUT2D eigenvalue weighted by atomic mass is 16.6. The predicted molar refractivity (Wildman–Crippen MR) is 119 cm³/mol. The molecule has 0 bridgehead atoms. The Kier molecular flexibility index (Phi) is 6.62. The predicted octanol–water partition coefficient (Wildman–Crippen LogP) is 1.80. The fourth-order valence-electron chi connectivity index (χ4n) is 4.80. The number of aromatic amines is 1. The number of aromatic nitrogens is 2. The highest BCUT2D eigenvalue weighted by molar-refractivity contribution is 5.79. The van der Waals surface area contributed by atoms with Gasteiger partial charge in [0.2, 0.25) is 5.91 Å². The Hall–Kier alpha value is -3.10. The molecule has 1 N–H and O–H groups in total. The molecule has 1 saturated carbocycles. The maximum atomic E-state index is 13.0. The van der Waals surface area contributed by atoms with Crippen LogP contribution in [0, 0.1) is 11.8 Å². The van der Waals surface area contributed by atoms with E-state index in [9.17, 15) is 19.2 Å². The van der Waals surface area contributed by atoms with E-state index >= 15 is 0 Å². The zero-order chi connectivity index (χ0) is 22.7. The molecule has 1 aromatic carbocycles. The molecule has 172 valence electrons. The van der Waals surface area contributed by atoms with Crippen molar-refractivity contribution in [3.63, 3.8) is 0 Å². The molecule has 1 aliphatic carbocycles. The van der Waals surface area contributed by atoms with Crippen molar-refractivity contribution < 1.29 is 14.3 Å². The van der Waals surface area contributed by atoms with Gasteiger partial charge in [-0.2, -0.15) is 0 Å². The zero-order valence-electron chi connectivity index (χ0n) is 18.4. The summed E-state index contributed by atoms with van der Waals surface area (Å²) >= 11 is 0. The van der Waals surface area contributed by atoms with Gasteiger partial charge in [-0.05, 0) is 50.7 Å². The van der Waals surface area contributed by atoms with Gasteiger partial charge in [0, 0.05) is 38.6 Å². The number of amides is 2. The van der Waals surface area contributed by atoms with Gasteiger partial charge in [0.25, 0.3) is 5.56 Å². The van der Waals surface area contributed by atoms with Crippen LogP contribution in [-0.4, -0.2) is 64.1 Å². The number of piperazine rings is 1. The number of rotatable bonds is 4. The van der Waals surface area contributed by atoms with Gasteiger partial charge in [0.1, 0.15) is 0 Å². The molecule has 9 heteroatoms. The first-order valence-electron chi connectivity index (χ1n) is 11.4. The normalized spacial score (nSPS) is 21.5. The number of para-hydroxylation sites is 1. The van der Waals surface area contributed by atoms with Crippen molar-refractivity contribution in [3.05, 3.63) is 45.1 Å². The van der Waals surface area contributed by atoms with Gasteiger partial charge in [-0.3, -0.25) is 14.2 Å². The zero-order valence-corrected chi connectivity index (χ0v) is 18.4. The molecule has 0 unspecified atom stereocenters. The van der Waals surface area contributed by atoms with Crippen molar-refractivity contribution in [3.8, 4) is 0 Å². The fourth-order valence-corrected chi connectivity index (χ4v) is 4.80. The summed E-state index contributed by atoms with van der Waals surface area (Å²) in [4.78, 5) is 56.3. The Morgan fingerprint density at radius 1 is 1.00 bits per heavy atom. The van der Waals surface area contributed by atoms with Crippen LogP contribution in [0.3, 0.4) is 0 Å². The van der Waals surface area contributed by atoms with E-state index in [4.69, 9.17) is 4.74 Å². The van der Waals surface area contributed by atoms with Crippen molar-refractivity contribution in [1.82, 2.24) is 19.4 Å². The number of hydrogen-bond donors (Lipinski definition) is 1. The molecule has 4 rings (SSSR count). The summed E-state index contributed by atoms with van der Waals surface area (Å²) in [5, 5.41) is 0.512. The summed E-state index contributed by atoms with van der Waals surface area (Å²) in [6.45, 7) is 4.54. The Bertz CT molecular complexity index is 1090. The van der Waals surface area contributed by atoms with Crippen molar-refractivity contribution in [2.75, 3.05) is 32.8 Å². The summed E-state index contributed by atoms with van der Waals surface area (Å²) in [6.07, 6.45) is 2.79. The van der Waals surface area contributed by atoms with Crippen LogP contribution < -0.4 is 11.2 Å². The number of nitrogens with one attached hydrogen (secondary N) is 1. The van der Waals surface area contributed by atoms with Gasteiger partial charge >= 0.3 is 11.8 Å². The maximum absolute atomic E-state index is 13.0. The SMILES string of the molecule is CCOC(=O)N1CCN(C(=O)C2CCC(Cn3c(=O)[nH]c4ccccc4c3=O)CC2)CC1. The molecule has 2 fully saturated rings. The molecule has 1 aliphatic heterocycles. The number of benzene rings is 1. The standard InChI is InChI=1S/C23H30N4O5/c1-2-32-23(31)26-13-11-25(12-14-26)20(28)17-9-7-16(8-10-17)15-27-21(29)18-5-3-4-6-19(18)24-22(27)30/h3-6,16-17H,2,7-15H2,1H3,(H,24,30). The molecule has 32 heavy (non-hydrogen) atoms. The minimum atomic E-state index is -0.383. The Morgan fingerprint density at radius 2 is 1.66 bits per heavy atom. The van der Waals surface area contributed by atoms with E-state index in [2.05, 4.69) is 4.98 Å². The average Bonchev–Trinajstić information content (AvgIpc) is 2.82. The molecule has 0 radical (unpaired) electrons. The van der Waals surface area contributed by atoms with Crippen molar-refractivity contribution in [1.29, 1.82) is 0 Å². The lowest BCUT2D eigenvalue weighted by Crippen LogP contribution is -2.52. The first kappa shape index (κ1) is 22.1. The lowest BCUT2D eigenvalue weighted by atomic mass is 9.81. The molecular weight excluding hydrogens is 412 g/mol. The number of fused-ring (bicyclic) bond motifs is 1. The second kappa shape index (κ2) is 9.58. The summed E-state index contributed by atoms with van der Waals surface area (Å²) in [6, 6.07) is 7.03. The van der Waals surface area contributed by atoms with Gasteiger partial charge in [-0.1, -0.05) is 12.1 Å². The number of carbonyl (C=O) groups is 2. The fraction of sp³-hybridized carbons (Fsp3) is 0.565. The average molecular weight is 443 g/mol. The molecule has 2 aliphatic rings. The smallest absolute Gasteiger partial charge is 0.409 e. The molecule has 1 aromatic heterocycles. The van der Waals surface area contributed by atoms with Crippen molar-refractivity contribution in [2.45, 2.75) is 39.2 Å². The number of nitrogens with zero attached hydrogens (tertiary/aromatic N) is 3. The number of H-pyrrole nitrogens is 1. The highest BCUT2D eigenvalue weighted by Crippen LogP contribution is 2.31. The number of ether oxygens (including phenoxy) is 1. The molecule has 2 heterocycles. The number of hydrogen-bond acceptors (Lipinski definition) is 5. The first-order valence-corrected chi connectivity index (χ1v) is 11.4. The topological polar surface area (TPSA) is 105 Å². The molecule has 2 amide bonds. The van der Waals surface area contributed by atoms with Gasteiger partial charge < -0.3 is 19.5 Å². The van der Waals surface area contributed by atoms with E-state index in [1.807, 2.05) is 4.90 Å². The van der Waals surface area contributed by atoms with Crippen LogP contribution in [0.1, 0.15) is 32.6 Å². The van der Waals surface area contributed by atoms with Crippen molar-refractivity contribution >= 4 is 22.9 Å². The van der Waals surface area contributed by atoms with Crippen molar-refractivity contribution in [2.24, 2.45) is 11.8 Å². The molecule has 9 nitrogen and oxygen atoms in total. The third kappa shape index (κ3) is 4.56. The van der Waals surface area contributed by atoms with Crippen LogP contribution >= 0.6 is 0 Å². The minimum Gasteiger partial charge on any atom is -0.450 e. The summed E-state index contributed by atoms with van der Waals surface area (Å²) in [7, 11) is 0. The Balaban J connectivity index is 1.32. The lowest BCUT2D eigenvalue weighted by molar-refractivity contribution is -0.138. The second-order valence-electron chi connectivity index (χ2n) is 8.62. The van der Waals surface area contributed by atoms with Crippen LogP contribution in [0.2, 0.25) is 0 Å². The van der Waals surface area contributed by atoms with Gasteiger partial charge in [-0.25, -0.2) is 9.59 Å². The summed E-state index contributed by atoms with van der Waals surface area (Å²) < 4.78 is 6.32. The van der Waals surface area contributed by atoms with Gasteiger partial charge in [0.15, 0.2) is 0 Å². The minimum absolute atomic E-state index is 0.0352. The van der Waals surface area contributed by atoms with Crippen LogP contribution in [0.15, 0.2) is 33.9 Å². The van der Waals surface area contributed by atoms with E-state index in [0.717, 1.165) is 25.7 Å². The van der Waals surface area contributed by atoms with E-state index in [-0.39, 0.29) is 35.1 Å². The Labute approximate surface area is 186 Å². The van der Waals surface area contributed by atoms with Crippen LogP contribution in [0.4, 0.5) is 4.79 Å². The lowest BCUT2D eigenvalue weighted by Gasteiger charge is -2.37. The quantitative estimate of drug-likeness (QED) is 0.777. The third-order valence-corrected chi connectivity index (χ3v) is 6.64. The molecule has 1 saturated heterocycles. The molecule has 0 spiro atoms. The molecule has 0 atom stereocenters. The largest absolute Gasteiger partial charge is 0.450 e. The maximum Gasteiger partial charge on any atom is 0.409 e. The van der Waals surface area contributed by atoms with Gasteiger partial charge in [0.05, 0.1) is 17.5 Å². The second-order valence-corrected chi connectivity index (χ2v) is 8.62. The van der Waals surface area contributed by atoms with E-state index < -0.39 is 0 Å². The monoisotopic (exact) mass is 442 g/mol. The van der Waals surface area contributed by atoms with Gasteiger partial charge in [-0.15, -0.1) is 0 Å². The van der Waals surface area contributed by atoms with Crippen LogP contribution in [-0.2, 0) is 16.1 Å². The van der Waals surface area contributed by atoms with Crippen LogP contribution in [0.5, 0.6) is 0 Å². The Morgan fingerprint density at radius 3 is 2.34 bits per heavy atom. The molecule has 2 aromatic rings. The highest BCUT2D eigenvalue weighted by Gasteiger charge is 2.32.